The van der Waals surface area contributed by atoms with Crippen LogP contribution in [-0.2, 0) is 6.54 Å². The molecule has 0 aliphatic carbocycles. The highest BCUT2D eigenvalue weighted by Gasteiger charge is 2.04. The summed E-state index contributed by atoms with van der Waals surface area (Å²) in [6, 6.07) is 6.25. The number of nitrogens with one attached hydrogen (secondary N) is 1. The zero-order valence-electron chi connectivity index (χ0n) is 13.6. The van der Waals surface area contributed by atoms with Crippen molar-refractivity contribution >= 4 is 15.9 Å². The number of halogens is 1. The summed E-state index contributed by atoms with van der Waals surface area (Å²) in [5.74, 6) is 1.01. The van der Waals surface area contributed by atoms with Crippen molar-refractivity contribution in [3.63, 3.8) is 0 Å². The third-order valence-electron chi connectivity index (χ3n) is 3.51. The molecule has 0 bridgehead atoms. The molecular weight excluding hydrogens is 326 g/mol. The van der Waals surface area contributed by atoms with Gasteiger partial charge in [0.2, 0.25) is 0 Å². The van der Waals surface area contributed by atoms with E-state index in [4.69, 9.17) is 4.74 Å². The van der Waals surface area contributed by atoms with Crippen LogP contribution in [-0.4, -0.2) is 13.2 Å². The summed E-state index contributed by atoms with van der Waals surface area (Å²) in [4.78, 5) is 0. The maximum atomic E-state index is 5.80. The molecule has 0 spiro atoms. The van der Waals surface area contributed by atoms with Gasteiger partial charge in [0.1, 0.15) is 5.75 Å². The van der Waals surface area contributed by atoms with Crippen LogP contribution in [0.3, 0.4) is 0 Å². The number of rotatable bonds is 12. The molecule has 0 heterocycles. The maximum Gasteiger partial charge on any atom is 0.123 e. The van der Waals surface area contributed by atoms with E-state index in [-0.39, 0.29) is 0 Å². The Morgan fingerprint density at radius 2 is 1.76 bits per heavy atom. The topological polar surface area (TPSA) is 21.3 Å². The fourth-order valence-electron chi connectivity index (χ4n) is 2.29. The van der Waals surface area contributed by atoms with Crippen LogP contribution in [0.15, 0.2) is 22.7 Å². The fourth-order valence-corrected chi connectivity index (χ4v) is 2.70. The first-order valence-electron chi connectivity index (χ1n) is 8.39. The van der Waals surface area contributed by atoms with Gasteiger partial charge in [-0.15, -0.1) is 0 Å². The van der Waals surface area contributed by atoms with Crippen molar-refractivity contribution in [1.29, 1.82) is 0 Å². The summed E-state index contributed by atoms with van der Waals surface area (Å²) in [6.45, 7) is 7.15. The number of unbranched alkanes of at least 4 members (excludes halogenated alkanes) is 5. The molecule has 0 aliphatic heterocycles. The predicted octanol–water partition coefficient (Wildman–Crippen LogP) is 5.69. The van der Waals surface area contributed by atoms with E-state index < -0.39 is 0 Å². The molecule has 0 saturated carbocycles. The van der Waals surface area contributed by atoms with Crippen molar-refractivity contribution in [1.82, 2.24) is 5.32 Å². The monoisotopic (exact) mass is 355 g/mol. The van der Waals surface area contributed by atoms with Gasteiger partial charge in [-0.3, -0.25) is 0 Å². The molecule has 0 amide bonds. The minimum absolute atomic E-state index is 0.784. The Morgan fingerprint density at radius 1 is 1.00 bits per heavy atom. The molecular formula is C18H30BrNO. The van der Waals surface area contributed by atoms with Gasteiger partial charge in [-0.2, -0.15) is 0 Å². The van der Waals surface area contributed by atoms with Crippen molar-refractivity contribution in [2.24, 2.45) is 0 Å². The predicted molar refractivity (Wildman–Crippen MR) is 95.0 cm³/mol. The third kappa shape index (κ3) is 8.47. The number of ether oxygens (including phenoxy) is 1. The van der Waals surface area contributed by atoms with E-state index in [9.17, 15) is 0 Å². The van der Waals surface area contributed by atoms with Gasteiger partial charge < -0.3 is 10.1 Å². The summed E-state index contributed by atoms with van der Waals surface area (Å²) in [5.41, 5.74) is 1.24. The van der Waals surface area contributed by atoms with Crippen LogP contribution < -0.4 is 10.1 Å². The molecule has 0 aliphatic rings. The van der Waals surface area contributed by atoms with Crippen LogP contribution in [0.5, 0.6) is 5.75 Å². The smallest absolute Gasteiger partial charge is 0.123 e. The first-order valence-corrected chi connectivity index (χ1v) is 9.19. The van der Waals surface area contributed by atoms with Crippen LogP contribution >= 0.6 is 15.9 Å². The van der Waals surface area contributed by atoms with Crippen molar-refractivity contribution < 1.29 is 4.74 Å². The van der Waals surface area contributed by atoms with Crippen molar-refractivity contribution in [3.05, 3.63) is 28.2 Å². The molecule has 0 unspecified atom stereocenters. The van der Waals surface area contributed by atoms with Gasteiger partial charge in [0.15, 0.2) is 0 Å². The molecule has 3 heteroatoms. The van der Waals surface area contributed by atoms with Crippen LogP contribution in [0.25, 0.3) is 0 Å². The van der Waals surface area contributed by atoms with E-state index in [1.165, 1.54) is 44.1 Å². The largest absolute Gasteiger partial charge is 0.493 e. The summed E-state index contributed by atoms with van der Waals surface area (Å²) < 4.78 is 6.92. The molecule has 0 atom stereocenters. The lowest BCUT2D eigenvalue weighted by atomic mass is 10.1. The van der Waals surface area contributed by atoms with E-state index in [1.54, 1.807) is 0 Å². The van der Waals surface area contributed by atoms with Crippen molar-refractivity contribution in [2.45, 2.75) is 65.3 Å². The van der Waals surface area contributed by atoms with E-state index in [0.29, 0.717) is 0 Å². The molecule has 1 aromatic rings. The van der Waals surface area contributed by atoms with Gasteiger partial charge in [-0.25, -0.2) is 0 Å². The zero-order chi connectivity index (χ0) is 15.3. The molecule has 1 rings (SSSR count). The lowest BCUT2D eigenvalue weighted by Gasteiger charge is -2.12. The van der Waals surface area contributed by atoms with Gasteiger partial charge in [0, 0.05) is 16.6 Å². The normalized spacial score (nSPS) is 10.8. The van der Waals surface area contributed by atoms with Crippen LogP contribution in [0.2, 0.25) is 0 Å². The minimum Gasteiger partial charge on any atom is -0.493 e. The van der Waals surface area contributed by atoms with E-state index in [0.717, 1.165) is 36.3 Å². The Hall–Kier alpha value is -0.540. The minimum atomic E-state index is 0.784. The summed E-state index contributed by atoms with van der Waals surface area (Å²) >= 11 is 3.54. The summed E-state index contributed by atoms with van der Waals surface area (Å²) in [7, 11) is 0. The fraction of sp³-hybridized carbons (Fsp3) is 0.667. The maximum absolute atomic E-state index is 5.80. The number of hydrogen-bond acceptors (Lipinski definition) is 2. The lowest BCUT2D eigenvalue weighted by Crippen LogP contribution is -2.15. The Labute approximate surface area is 138 Å². The Morgan fingerprint density at radius 3 is 2.52 bits per heavy atom. The van der Waals surface area contributed by atoms with E-state index in [1.807, 2.05) is 6.07 Å². The molecule has 0 saturated heterocycles. The van der Waals surface area contributed by atoms with Gasteiger partial charge >= 0.3 is 0 Å². The average Bonchev–Trinajstić information content (AvgIpc) is 2.49. The van der Waals surface area contributed by atoms with Gasteiger partial charge in [0.25, 0.3) is 0 Å². The van der Waals surface area contributed by atoms with Gasteiger partial charge in [0.05, 0.1) is 6.61 Å². The van der Waals surface area contributed by atoms with E-state index in [2.05, 4.69) is 47.2 Å². The average molecular weight is 356 g/mol. The number of benzene rings is 1. The van der Waals surface area contributed by atoms with Crippen molar-refractivity contribution in [3.8, 4) is 5.75 Å². The SMILES string of the molecule is CCCCCCCCNCc1cc(Br)ccc1OCCC. The second kappa shape index (κ2) is 12.0. The molecule has 1 aromatic carbocycles. The molecule has 1 N–H and O–H groups in total. The first-order chi connectivity index (χ1) is 10.3. The first kappa shape index (κ1) is 18.5. The Bertz CT molecular complexity index is 381. The molecule has 2 nitrogen and oxygen atoms in total. The highest BCUT2D eigenvalue weighted by atomic mass is 79.9. The molecule has 0 aromatic heterocycles. The van der Waals surface area contributed by atoms with Crippen LogP contribution in [0.4, 0.5) is 0 Å². The standard InChI is InChI=1S/C18H30BrNO/c1-3-5-6-7-8-9-12-20-15-16-14-17(19)10-11-18(16)21-13-4-2/h10-11,14,20H,3-9,12-13,15H2,1-2H3. The lowest BCUT2D eigenvalue weighted by molar-refractivity contribution is 0.313. The molecule has 21 heavy (non-hydrogen) atoms. The number of hydrogen-bond donors (Lipinski definition) is 1. The van der Waals surface area contributed by atoms with Gasteiger partial charge in [-0.1, -0.05) is 61.9 Å². The molecule has 0 radical (unpaired) electrons. The third-order valence-corrected chi connectivity index (χ3v) is 4.00. The zero-order valence-corrected chi connectivity index (χ0v) is 15.2. The Kier molecular flexibility index (Phi) is 10.6. The Balaban J connectivity index is 2.25. The second-order valence-corrected chi connectivity index (χ2v) is 6.46. The van der Waals surface area contributed by atoms with Crippen molar-refractivity contribution in [2.75, 3.05) is 13.2 Å². The molecule has 0 fully saturated rings. The summed E-state index contributed by atoms with van der Waals surface area (Å²) in [5, 5.41) is 3.54. The quantitative estimate of drug-likeness (QED) is 0.486. The van der Waals surface area contributed by atoms with Crippen LogP contribution in [0.1, 0.15) is 64.4 Å². The highest BCUT2D eigenvalue weighted by Crippen LogP contribution is 2.23. The van der Waals surface area contributed by atoms with Gasteiger partial charge in [-0.05, 0) is 37.6 Å². The summed E-state index contributed by atoms with van der Waals surface area (Å²) in [6.07, 6.45) is 9.11. The molecule has 120 valence electrons. The van der Waals surface area contributed by atoms with Crippen LogP contribution in [0, 0.1) is 0 Å². The highest BCUT2D eigenvalue weighted by molar-refractivity contribution is 9.10. The van der Waals surface area contributed by atoms with E-state index >= 15 is 0 Å². The second-order valence-electron chi connectivity index (χ2n) is 5.55.